The van der Waals surface area contributed by atoms with E-state index in [9.17, 15) is 4.79 Å². The Morgan fingerprint density at radius 3 is 0.885 bits per heavy atom. The molecule has 0 rings (SSSR count). The van der Waals surface area contributed by atoms with E-state index in [0.717, 1.165) is 51.4 Å². The summed E-state index contributed by atoms with van der Waals surface area (Å²) in [4.78, 5) is 36.2. The van der Waals surface area contributed by atoms with Gasteiger partial charge in [0, 0.05) is 12.8 Å². The van der Waals surface area contributed by atoms with Gasteiger partial charge >= 0.3 is 6.16 Å². The third kappa shape index (κ3) is 34.9. The third-order valence-electron chi connectivity index (χ3n) is 10.0. The summed E-state index contributed by atoms with van der Waals surface area (Å²) in [7, 11) is 0. The van der Waals surface area contributed by atoms with Gasteiger partial charge in [-0.25, -0.2) is 14.6 Å². The van der Waals surface area contributed by atoms with Crippen LogP contribution in [0, 0.1) is 0 Å². The average Bonchev–Trinajstić information content (AvgIpc) is 3.10. The SMILES string of the molecule is CCCCCCCCCCCCCCCC(OOC(C)(C)CCC)OC(=O)OC(CCCCCCCCCCCCCCC)OOC(C)(C)CCC. The molecule has 312 valence electrons. The van der Waals surface area contributed by atoms with Gasteiger partial charge in [-0.15, -0.1) is 0 Å². The van der Waals surface area contributed by atoms with Crippen molar-refractivity contribution < 1.29 is 33.8 Å². The van der Waals surface area contributed by atoms with Crippen LogP contribution in [0.2, 0.25) is 0 Å². The first-order chi connectivity index (χ1) is 25.1. The van der Waals surface area contributed by atoms with Gasteiger partial charge in [-0.05, 0) is 53.4 Å². The number of hydrogen-bond acceptors (Lipinski definition) is 7. The number of ether oxygens (including phenoxy) is 2. The summed E-state index contributed by atoms with van der Waals surface area (Å²) >= 11 is 0. The maximum Gasteiger partial charge on any atom is 0.513 e. The van der Waals surface area contributed by atoms with Crippen molar-refractivity contribution >= 4 is 6.16 Å². The minimum Gasteiger partial charge on any atom is -0.401 e. The summed E-state index contributed by atoms with van der Waals surface area (Å²) in [6.45, 7) is 16.7. The standard InChI is InChI=1S/C45H90O7/c1-9-13-15-17-19-21-23-25-27-29-31-33-35-37-41(49-51-44(5,6)39-11-3)47-43(46)48-42(50-52-45(7,8)40-12-4)38-36-34-32-30-28-26-24-22-20-18-16-14-10-2/h41-42H,9-40H2,1-8H3. The van der Waals surface area contributed by atoms with E-state index in [4.69, 9.17) is 29.0 Å². The molecule has 0 aliphatic carbocycles. The summed E-state index contributed by atoms with van der Waals surface area (Å²) in [5.74, 6) is 0. The molecule has 0 aromatic carbocycles. The maximum atomic E-state index is 13.1. The topological polar surface area (TPSA) is 72.5 Å². The molecule has 0 aromatic rings. The number of unbranched alkanes of at least 4 members (excludes halogenated alkanes) is 24. The van der Waals surface area contributed by atoms with E-state index >= 15 is 0 Å². The Labute approximate surface area is 323 Å². The third-order valence-corrected chi connectivity index (χ3v) is 10.0. The Morgan fingerprint density at radius 1 is 0.385 bits per heavy atom. The van der Waals surface area contributed by atoms with Gasteiger partial charge in [-0.3, -0.25) is 0 Å². The van der Waals surface area contributed by atoms with Crippen LogP contribution >= 0.6 is 0 Å². The van der Waals surface area contributed by atoms with Crippen LogP contribution in [0.15, 0.2) is 0 Å². The van der Waals surface area contributed by atoms with Crippen molar-refractivity contribution in [1.82, 2.24) is 0 Å². The van der Waals surface area contributed by atoms with Crippen molar-refractivity contribution in [3.8, 4) is 0 Å². The quantitative estimate of drug-likeness (QED) is 0.0203. The van der Waals surface area contributed by atoms with Gasteiger partial charge in [0.2, 0.25) is 12.6 Å². The molecule has 0 radical (unpaired) electrons. The van der Waals surface area contributed by atoms with E-state index in [1.54, 1.807) is 0 Å². The number of carbonyl (C=O) groups is 1. The number of rotatable bonds is 40. The zero-order valence-corrected chi connectivity index (χ0v) is 36.1. The van der Waals surface area contributed by atoms with Crippen LogP contribution in [-0.4, -0.2) is 29.9 Å². The van der Waals surface area contributed by atoms with E-state index in [-0.39, 0.29) is 0 Å². The van der Waals surface area contributed by atoms with Crippen LogP contribution in [0.5, 0.6) is 0 Å². The van der Waals surface area contributed by atoms with Gasteiger partial charge < -0.3 is 9.47 Å². The molecule has 2 atom stereocenters. The van der Waals surface area contributed by atoms with Crippen molar-refractivity contribution in [2.24, 2.45) is 0 Å². The Hall–Kier alpha value is -0.890. The van der Waals surface area contributed by atoms with Gasteiger partial charge in [0.15, 0.2) is 0 Å². The fourth-order valence-corrected chi connectivity index (χ4v) is 6.81. The van der Waals surface area contributed by atoms with Crippen molar-refractivity contribution in [3.63, 3.8) is 0 Å². The lowest BCUT2D eigenvalue weighted by Crippen LogP contribution is -2.33. The minimum atomic E-state index is -0.842. The first-order valence-corrected chi connectivity index (χ1v) is 22.6. The lowest BCUT2D eigenvalue weighted by atomic mass is 10.0. The van der Waals surface area contributed by atoms with Gasteiger partial charge in [0.05, 0.1) is 11.2 Å². The molecule has 0 spiro atoms. The highest BCUT2D eigenvalue weighted by Crippen LogP contribution is 2.23. The zero-order valence-electron chi connectivity index (χ0n) is 36.1. The van der Waals surface area contributed by atoms with Crippen LogP contribution in [0.25, 0.3) is 0 Å². The molecule has 0 saturated heterocycles. The monoisotopic (exact) mass is 743 g/mol. The fraction of sp³-hybridized carbons (Fsp3) is 0.978. The highest BCUT2D eigenvalue weighted by Gasteiger charge is 2.27. The molecular formula is C45H90O7. The van der Waals surface area contributed by atoms with Crippen molar-refractivity contribution in [1.29, 1.82) is 0 Å². The molecule has 0 aliphatic rings. The molecule has 0 fully saturated rings. The Bertz CT molecular complexity index is 696. The first-order valence-electron chi connectivity index (χ1n) is 22.6. The summed E-state index contributed by atoms with van der Waals surface area (Å²) < 4.78 is 11.4. The predicted molar refractivity (Wildman–Crippen MR) is 218 cm³/mol. The second-order valence-electron chi connectivity index (χ2n) is 16.8. The van der Waals surface area contributed by atoms with E-state index in [2.05, 4.69) is 27.7 Å². The summed E-state index contributed by atoms with van der Waals surface area (Å²) in [5.41, 5.74) is -0.955. The highest BCUT2D eigenvalue weighted by atomic mass is 17.2. The smallest absolute Gasteiger partial charge is 0.401 e. The first kappa shape index (κ1) is 51.1. The summed E-state index contributed by atoms with van der Waals surface area (Å²) in [6, 6.07) is 0. The molecule has 0 amide bonds. The molecule has 0 aromatic heterocycles. The van der Waals surface area contributed by atoms with Gasteiger partial charge in [-0.2, -0.15) is 9.78 Å². The van der Waals surface area contributed by atoms with Crippen LogP contribution < -0.4 is 0 Å². The molecule has 52 heavy (non-hydrogen) atoms. The summed E-state index contributed by atoms with van der Waals surface area (Å²) in [5, 5.41) is 0. The molecule has 0 N–H and O–H groups in total. The van der Waals surface area contributed by atoms with Crippen LogP contribution in [0.1, 0.15) is 261 Å². The Kier molecular flexibility index (Phi) is 35.2. The van der Waals surface area contributed by atoms with E-state index in [0.29, 0.717) is 12.8 Å². The molecule has 7 nitrogen and oxygen atoms in total. The molecule has 2 unspecified atom stereocenters. The Balaban J connectivity index is 4.77. The predicted octanol–water partition coefficient (Wildman–Crippen LogP) is 15.8. The largest absolute Gasteiger partial charge is 0.513 e. The normalized spacial score (nSPS) is 13.4. The van der Waals surface area contributed by atoms with Crippen molar-refractivity contribution in [2.45, 2.75) is 285 Å². The fourth-order valence-electron chi connectivity index (χ4n) is 6.81. The summed E-state index contributed by atoms with van der Waals surface area (Å²) in [6.07, 6.45) is 35.4. The molecule has 0 aliphatic heterocycles. The Morgan fingerprint density at radius 2 is 0.635 bits per heavy atom. The molecule has 0 bridgehead atoms. The lowest BCUT2D eigenvalue weighted by Gasteiger charge is -2.27. The van der Waals surface area contributed by atoms with Crippen molar-refractivity contribution in [3.05, 3.63) is 0 Å². The second-order valence-corrected chi connectivity index (χ2v) is 16.8. The lowest BCUT2D eigenvalue weighted by molar-refractivity contribution is -0.425. The number of carbonyl (C=O) groups excluding carboxylic acids is 1. The van der Waals surface area contributed by atoms with Gasteiger partial charge in [0.1, 0.15) is 0 Å². The van der Waals surface area contributed by atoms with Crippen LogP contribution in [-0.2, 0) is 29.0 Å². The highest BCUT2D eigenvalue weighted by molar-refractivity contribution is 5.60. The van der Waals surface area contributed by atoms with Gasteiger partial charge in [-0.1, -0.05) is 195 Å². The zero-order chi connectivity index (χ0) is 38.6. The van der Waals surface area contributed by atoms with Crippen LogP contribution in [0.3, 0.4) is 0 Å². The molecular weight excluding hydrogens is 652 g/mol. The molecule has 0 saturated carbocycles. The van der Waals surface area contributed by atoms with E-state index < -0.39 is 29.9 Å². The minimum absolute atomic E-state index is 0.477. The molecule has 7 heteroatoms. The maximum absolute atomic E-state index is 13.1. The van der Waals surface area contributed by atoms with Crippen molar-refractivity contribution in [2.75, 3.05) is 0 Å². The van der Waals surface area contributed by atoms with E-state index in [1.807, 2.05) is 27.7 Å². The average molecular weight is 743 g/mol. The second kappa shape index (κ2) is 35.8. The van der Waals surface area contributed by atoms with Gasteiger partial charge in [0.25, 0.3) is 0 Å². The number of hydrogen-bond donors (Lipinski definition) is 0. The van der Waals surface area contributed by atoms with E-state index in [1.165, 1.54) is 141 Å². The van der Waals surface area contributed by atoms with Crippen LogP contribution in [0.4, 0.5) is 4.79 Å². The molecule has 0 heterocycles.